The van der Waals surface area contributed by atoms with E-state index in [9.17, 15) is 40.5 Å². The van der Waals surface area contributed by atoms with Crippen molar-refractivity contribution in [2.45, 2.75) is 203 Å². The van der Waals surface area contributed by atoms with E-state index in [2.05, 4.69) is 62.5 Å². The molecule has 11 unspecified atom stereocenters. The fourth-order valence-corrected chi connectivity index (χ4v) is 6.94. The number of esters is 1. The molecule has 0 amide bonds. The molecule has 2 fully saturated rings. The van der Waals surface area contributed by atoms with Crippen molar-refractivity contribution in [3.63, 3.8) is 0 Å². The van der Waals surface area contributed by atoms with Crippen molar-refractivity contribution in [2.24, 2.45) is 0 Å². The van der Waals surface area contributed by atoms with Crippen LogP contribution in [0.25, 0.3) is 0 Å². The molecule has 0 radical (unpaired) electrons. The lowest BCUT2D eigenvalue weighted by Crippen LogP contribution is -2.61. The first-order valence-corrected chi connectivity index (χ1v) is 23.4. The third kappa shape index (κ3) is 24.1. The number of ether oxygens (including phenoxy) is 6. The van der Waals surface area contributed by atoms with Crippen LogP contribution in [0.1, 0.15) is 136 Å². The number of rotatable bonds is 35. The molecule has 0 aliphatic carbocycles. The highest BCUT2D eigenvalue weighted by Gasteiger charge is 2.47. The zero-order valence-corrected chi connectivity index (χ0v) is 37.6. The average Bonchev–Trinajstić information content (AvgIpc) is 3.27. The van der Waals surface area contributed by atoms with Crippen LogP contribution in [0, 0.1) is 0 Å². The molecule has 0 aromatic heterocycles. The van der Waals surface area contributed by atoms with Gasteiger partial charge in [0.2, 0.25) is 0 Å². The summed E-state index contributed by atoms with van der Waals surface area (Å²) in [5.41, 5.74) is 0. The topological polar surface area (TPSA) is 214 Å². The molecule has 358 valence electrons. The minimum absolute atomic E-state index is 0.0261. The number of carbonyl (C=O) groups excluding carboxylic acids is 1. The van der Waals surface area contributed by atoms with E-state index in [0.717, 1.165) is 57.8 Å². The lowest BCUT2D eigenvalue weighted by Gasteiger charge is -2.42. The Morgan fingerprint density at radius 1 is 0.548 bits per heavy atom. The van der Waals surface area contributed by atoms with Gasteiger partial charge in [-0.05, 0) is 64.2 Å². The van der Waals surface area contributed by atoms with Crippen LogP contribution in [-0.2, 0) is 33.2 Å². The van der Waals surface area contributed by atoms with E-state index < -0.39 is 86.7 Å². The Hall–Kier alpha value is -2.31. The van der Waals surface area contributed by atoms with Crippen molar-refractivity contribution >= 4 is 5.97 Å². The Labute approximate surface area is 371 Å². The van der Waals surface area contributed by atoms with E-state index >= 15 is 0 Å². The molecule has 11 atom stereocenters. The van der Waals surface area contributed by atoms with E-state index in [4.69, 9.17) is 28.4 Å². The third-order valence-electron chi connectivity index (χ3n) is 10.8. The SMILES string of the molecule is CC/C=C\C/C=C\C/C=C\C/C=C\CCC(=O)OC(COCCCCCCCC/C=C\CCCCCCC)COC1OC(COC2OC(CO)C(O)C(O)C2O)C(O)C(O)C1O. The van der Waals surface area contributed by atoms with Crippen LogP contribution >= 0.6 is 0 Å². The first kappa shape index (κ1) is 55.8. The molecule has 0 bridgehead atoms. The molecule has 2 saturated heterocycles. The highest BCUT2D eigenvalue weighted by Crippen LogP contribution is 2.26. The highest BCUT2D eigenvalue weighted by molar-refractivity contribution is 5.69. The van der Waals surface area contributed by atoms with Gasteiger partial charge in [-0.1, -0.05) is 126 Å². The highest BCUT2D eigenvalue weighted by atomic mass is 16.7. The van der Waals surface area contributed by atoms with Crippen LogP contribution in [0.5, 0.6) is 0 Å². The van der Waals surface area contributed by atoms with Gasteiger partial charge in [0.25, 0.3) is 0 Å². The van der Waals surface area contributed by atoms with Crippen LogP contribution < -0.4 is 0 Å². The second-order valence-corrected chi connectivity index (χ2v) is 16.2. The third-order valence-corrected chi connectivity index (χ3v) is 10.8. The van der Waals surface area contributed by atoms with Crippen molar-refractivity contribution in [2.75, 3.05) is 33.0 Å². The lowest BCUT2D eigenvalue weighted by molar-refractivity contribution is -0.332. The summed E-state index contributed by atoms with van der Waals surface area (Å²) in [6, 6.07) is 0. The second-order valence-electron chi connectivity index (χ2n) is 16.2. The summed E-state index contributed by atoms with van der Waals surface area (Å²) in [4.78, 5) is 12.9. The minimum Gasteiger partial charge on any atom is -0.457 e. The smallest absolute Gasteiger partial charge is 0.306 e. The van der Waals surface area contributed by atoms with Crippen LogP contribution in [0.3, 0.4) is 0 Å². The number of hydrogen-bond acceptors (Lipinski definition) is 14. The Morgan fingerprint density at radius 2 is 1.05 bits per heavy atom. The molecule has 14 heteroatoms. The molecule has 0 spiro atoms. The van der Waals surface area contributed by atoms with E-state index in [-0.39, 0.29) is 19.6 Å². The molecule has 2 aliphatic rings. The maximum absolute atomic E-state index is 12.9. The monoisotopic (exact) mass is 883 g/mol. The number of aliphatic hydroxyl groups excluding tert-OH is 7. The van der Waals surface area contributed by atoms with Gasteiger partial charge in [-0.15, -0.1) is 0 Å². The standard InChI is InChI=1S/C48H82O14/c1-3-5-7-9-11-13-15-17-18-20-22-24-26-28-30-32-57-34-37(60-40(50)31-29-27-25-23-21-19-16-14-12-10-8-6-4-2)35-58-47-46(56)44(54)42(52)39(62-47)36-59-48-45(55)43(53)41(51)38(33-49)61-48/h6,8,12,14-15,17,19,21,25,27,37-39,41-49,51-56H,3-5,7,9-11,13,16,18,20,22-24,26,28-36H2,1-2H3/b8-6-,14-12-,17-15-,21-19-,27-25-. The van der Waals surface area contributed by atoms with Crippen molar-refractivity contribution in [3.8, 4) is 0 Å². The first-order chi connectivity index (χ1) is 30.1. The van der Waals surface area contributed by atoms with Crippen molar-refractivity contribution in [1.82, 2.24) is 0 Å². The summed E-state index contributed by atoms with van der Waals surface area (Å²) in [5.74, 6) is -0.460. The van der Waals surface area contributed by atoms with Crippen LogP contribution in [-0.4, -0.2) is 142 Å². The Bertz CT molecular complexity index is 1250. The molecule has 2 rings (SSSR count). The summed E-state index contributed by atoms with van der Waals surface area (Å²) >= 11 is 0. The van der Waals surface area contributed by atoms with E-state index in [1.165, 1.54) is 51.4 Å². The molecule has 62 heavy (non-hydrogen) atoms. The van der Waals surface area contributed by atoms with Gasteiger partial charge in [-0.3, -0.25) is 4.79 Å². The molecule has 14 nitrogen and oxygen atoms in total. The average molecular weight is 883 g/mol. The second kappa shape index (κ2) is 36.0. The maximum Gasteiger partial charge on any atom is 0.306 e. The predicted octanol–water partition coefficient (Wildman–Crippen LogP) is 5.79. The molecule has 7 N–H and O–H groups in total. The van der Waals surface area contributed by atoms with E-state index in [1.54, 1.807) is 0 Å². The number of aliphatic hydroxyl groups is 7. The van der Waals surface area contributed by atoms with Gasteiger partial charge in [0.15, 0.2) is 12.6 Å². The molecule has 0 saturated carbocycles. The van der Waals surface area contributed by atoms with Crippen molar-refractivity contribution < 1.29 is 69.0 Å². The molecule has 2 aliphatic heterocycles. The maximum atomic E-state index is 12.9. The molecule has 0 aromatic carbocycles. The summed E-state index contributed by atoms with van der Waals surface area (Å²) < 4.78 is 34.1. The van der Waals surface area contributed by atoms with Gasteiger partial charge in [-0.2, -0.15) is 0 Å². The fourth-order valence-electron chi connectivity index (χ4n) is 6.94. The zero-order valence-electron chi connectivity index (χ0n) is 37.6. The molecule has 0 aromatic rings. The normalized spacial score (nSPS) is 27.8. The number of carbonyl (C=O) groups is 1. The van der Waals surface area contributed by atoms with Gasteiger partial charge in [0.1, 0.15) is 54.9 Å². The zero-order chi connectivity index (χ0) is 45.2. The van der Waals surface area contributed by atoms with E-state index in [1.807, 2.05) is 12.2 Å². The van der Waals surface area contributed by atoms with Crippen LogP contribution in [0.4, 0.5) is 0 Å². The number of hydrogen-bond donors (Lipinski definition) is 7. The van der Waals surface area contributed by atoms with Crippen LogP contribution in [0.2, 0.25) is 0 Å². The van der Waals surface area contributed by atoms with Gasteiger partial charge >= 0.3 is 5.97 Å². The fraction of sp³-hybridized carbons (Fsp3) is 0.771. The van der Waals surface area contributed by atoms with Crippen LogP contribution in [0.15, 0.2) is 60.8 Å². The summed E-state index contributed by atoms with van der Waals surface area (Å²) in [7, 11) is 0. The van der Waals surface area contributed by atoms with Gasteiger partial charge in [0, 0.05) is 13.0 Å². The predicted molar refractivity (Wildman–Crippen MR) is 238 cm³/mol. The van der Waals surface area contributed by atoms with Crippen molar-refractivity contribution in [1.29, 1.82) is 0 Å². The summed E-state index contributed by atoms with van der Waals surface area (Å²) in [6.07, 6.45) is 24.5. The number of unbranched alkanes of at least 4 members (excludes halogenated alkanes) is 11. The largest absolute Gasteiger partial charge is 0.457 e. The van der Waals surface area contributed by atoms with E-state index in [0.29, 0.717) is 13.0 Å². The molecular formula is C48H82O14. The number of allylic oxidation sites excluding steroid dienone is 10. The molecule has 2 heterocycles. The quantitative estimate of drug-likeness (QED) is 0.0228. The first-order valence-electron chi connectivity index (χ1n) is 23.4. The summed E-state index contributed by atoms with van der Waals surface area (Å²) in [6.45, 7) is 3.42. The van der Waals surface area contributed by atoms with Gasteiger partial charge in [0.05, 0.1) is 26.4 Å². The van der Waals surface area contributed by atoms with Gasteiger partial charge in [-0.25, -0.2) is 0 Å². The Morgan fingerprint density at radius 3 is 1.65 bits per heavy atom. The van der Waals surface area contributed by atoms with Gasteiger partial charge < -0.3 is 64.2 Å². The molecular weight excluding hydrogens is 801 g/mol. The Balaban J connectivity index is 1.84. The minimum atomic E-state index is -1.72. The summed E-state index contributed by atoms with van der Waals surface area (Å²) in [5, 5.41) is 71.9. The van der Waals surface area contributed by atoms with Crippen molar-refractivity contribution in [3.05, 3.63) is 60.8 Å². The Kier molecular flexibility index (Phi) is 32.4. The lowest BCUT2D eigenvalue weighted by atomic mass is 9.98.